The van der Waals surface area contributed by atoms with Gasteiger partial charge in [-0.05, 0) is 48.4 Å². The first kappa shape index (κ1) is 24.6. The van der Waals surface area contributed by atoms with Crippen LogP contribution in [0.3, 0.4) is 0 Å². The van der Waals surface area contributed by atoms with Gasteiger partial charge in [-0.25, -0.2) is 4.98 Å². The molecule has 2 aliphatic rings. The molecule has 0 fully saturated rings. The Bertz CT molecular complexity index is 1650. The number of aliphatic imine (C=N–C) groups is 1. The molecular weight excluding hydrogens is 531 g/mol. The summed E-state index contributed by atoms with van der Waals surface area (Å²) in [5.41, 5.74) is 4.07. The first-order valence-corrected chi connectivity index (χ1v) is 12.5. The maximum atomic E-state index is 13.1. The highest BCUT2D eigenvalue weighted by Crippen LogP contribution is 2.37. The van der Waals surface area contributed by atoms with Gasteiger partial charge in [0.15, 0.2) is 0 Å². The molecule has 0 radical (unpaired) electrons. The maximum Gasteiger partial charge on any atom is 0.416 e. The van der Waals surface area contributed by atoms with E-state index in [1.54, 1.807) is 23.8 Å². The van der Waals surface area contributed by atoms with Crippen LogP contribution < -0.4 is 15.5 Å². The van der Waals surface area contributed by atoms with Gasteiger partial charge >= 0.3 is 6.18 Å². The lowest BCUT2D eigenvalue weighted by Crippen LogP contribution is -2.32. The topological polar surface area (TPSA) is 121 Å². The van der Waals surface area contributed by atoms with Crippen LogP contribution >= 0.6 is 11.3 Å². The molecule has 14 heteroatoms. The Labute approximate surface area is 223 Å². The number of aryl methyl sites for hydroxylation is 1. The van der Waals surface area contributed by atoms with Gasteiger partial charge in [0.25, 0.3) is 5.91 Å². The zero-order valence-corrected chi connectivity index (χ0v) is 21.0. The van der Waals surface area contributed by atoms with E-state index in [0.717, 1.165) is 46.4 Å². The second-order valence-electron chi connectivity index (χ2n) is 8.67. The Morgan fingerprint density at radius 2 is 2.03 bits per heavy atom. The predicted octanol–water partition coefficient (Wildman–Crippen LogP) is 4.82. The summed E-state index contributed by atoms with van der Waals surface area (Å²) >= 11 is 1.33. The highest BCUT2D eigenvalue weighted by molar-refractivity contribution is 7.13. The highest BCUT2D eigenvalue weighted by Gasteiger charge is 2.32. The quantitative estimate of drug-likeness (QED) is 0.364. The molecule has 0 unspecified atom stereocenters. The van der Waals surface area contributed by atoms with Crippen LogP contribution in [0.5, 0.6) is 0 Å². The van der Waals surface area contributed by atoms with Crippen LogP contribution in [0.2, 0.25) is 0 Å². The Kier molecular flexibility index (Phi) is 6.02. The number of amides is 1. The van der Waals surface area contributed by atoms with Crippen LogP contribution in [0.1, 0.15) is 32.7 Å². The van der Waals surface area contributed by atoms with Crippen molar-refractivity contribution in [3.8, 4) is 0 Å². The number of rotatable bonds is 5. The van der Waals surface area contributed by atoms with E-state index in [1.807, 2.05) is 24.0 Å². The first-order valence-electron chi connectivity index (χ1n) is 11.7. The van der Waals surface area contributed by atoms with E-state index in [2.05, 4.69) is 35.8 Å². The molecule has 6 rings (SSSR count). The molecule has 10 nitrogen and oxygen atoms in total. The highest BCUT2D eigenvalue weighted by atomic mass is 32.1. The molecule has 3 aromatic heterocycles. The molecule has 39 heavy (non-hydrogen) atoms. The number of alkyl halides is 3. The number of fused-ring (bicyclic) bond motifs is 3. The normalized spacial score (nSPS) is 14.3. The molecular formula is C25H18F3N9OS. The zero-order chi connectivity index (χ0) is 27.1. The lowest BCUT2D eigenvalue weighted by molar-refractivity contribution is -0.137. The van der Waals surface area contributed by atoms with Crippen LogP contribution in [-0.4, -0.2) is 50.0 Å². The number of hydrogen-bond donors (Lipinski definition) is 2. The predicted molar refractivity (Wildman–Crippen MR) is 141 cm³/mol. The van der Waals surface area contributed by atoms with Gasteiger partial charge in [0.05, 0.1) is 12.1 Å². The number of amidine groups is 1. The smallest absolute Gasteiger partial charge is 0.321 e. The van der Waals surface area contributed by atoms with Gasteiger partial charge in [-0.15, -0.1) is 10.2 Å². The van der Waals surface area contributed by atoms with E-state index < -0.39 is 17.6 Å². The summed E-state index contributed by atoms with van der Waals surface area (Å²) < 4.78 is 39.2. The number of anilines is 4. The number of hydrogen-bond acceptors (Lipinski definition) is 10. The molecule has 0 atom stereocenters. The molecule has 1 aromatic carbocycles. The molecule has 0 saturated carbocycles. The van der Waals surface area contributed by atoms with Crippen molar-refractivity contribution in [1.82, 2.24) is 25.1 Å². The van der Waals surface area contributed by atoms with Crippen LogP contribution in [0.15, 0.2) is 53.2 Å². The Morgan fingerprint density at radius 1 is 1.15 bits per heavy atom. The van der Waals surface area contributed by atoms with Gasteiger partial charge in [0.1, 0.15) is 22.9 Å². The van der Waals surface area contributed by atoms with E-state index >= 15 is 0 Å². The van der Waals surface area contributed by atoms with Crippen LogP contribution in [0.25, 0.3) is 11.6 Å². The maximum absolute atomic E-state index is 13.1. The van der Waals surface area contributed by atoms with Crippen molar-refractivity contribution < 1.29 is 18.0 Å². The van der Waals surface area contributed by atoms with Crippen LogP contribution in [0.4, 0.5) is 35.8 Å². The SMILES string of the molecule is Cc1ccc(NC(=O)c2cc(C(F)(F)F)ccn2)cc1C1=Cc2cnc(Nc3nncs3)nc2N2CCN=C12. The van der Waals surface area contributed by atoms with E-state index in [1.165, 1.54) is 11.3 Å². The summed E-state index contributed by atoms with van der Waals surface area (Å²) in [5.74, 6) is 1.07. The lowest BCUT2D eigenvalue weighted by Gasteiger charge is -2.28. The molecule has 0 bridgehead atoms. The van der Waals surface area contributed by atoms with Crippen molar-refractivity contribution in [2.75, 3.05) is 28.6 Å². The number of carbonyl (C=O) groups excluding carboxylic acids is 1. The molecule has 0 spiro atoms. The van der Waals surface area contributed by atoms with Crippen molar-refractivity contribution in [3.05, 3.63) is 76.2 Å². The standard InChI is InChI=1S/C25H18F3N9OS/c1-13-2-3-16(33-22(38)19-9-15(4-5-29-19)25(26,27)28)10-17(13)18-8-14-11-31-23(35-24-36-32-12-39-24)34-20(14)37-7-6-30-21(18)37/h2-5,8-12H,6-7H2,1H3,(H,33,38)(H,31,34,35,36). The van der Waals surface area contributed by atoms with Gasteiger partial charge < -0.3 is 10.2 Å². The molecule has 0 saturated heterocycles. The second kappa shape index (κ2) is 9.54. The molecule has 2 N–H and O–H groups in total. The van der Waals surface area contributed by atoms with Crippen LogP contribution in [0, 0.1) is 6.92 Å². The third-order valence-electron chi connectivity index (χ3n) is 6.12. The second-order valence-corrected chi connectivity index (χ2v) is 9.50. The molecule has 5 heterocycles. The zero-order valence-electron chi connectivity index (χ0n) is 20.2. The molecule has 4 aromatic rings. The summed E-state index contributed by atoms with van der Waals surface area (Å²) in [5, 5.41) is 14.0. The van der Waals surface area contributed by atoms with E-state index in [0.29, 0.717) is 35.7 Å². The summed E-state index contributed by atoms with van der Waals surface area (Å²) in [6, 6.07) is 6.82. The number of nitrogens with zero attached hydrogens (tertiary/aromatic N) is 7. The molecule has 196 valence electrons. The van der Waals surface area contributed by atoms with E-state index in [-0.39, 0.29) is 5.69 Å². The number of aromatic nitrogens is 5. The molecule has 0 aliphatic carbocycles. The van der Waals surface area contributed by atoms with E-state index in [4.69, 9.17) is 4.99 Å². The van der Waals surface area contributed by atoms with Crippen molar-refractivity contribution in [2.24, 2.45) is 4.99 Å². The van der Waals surface area contributed by atoms with Gasteiger partial charge in [-0.3, -0.25) is 20.1 Å². The average molecular weight is 550 g/mol. The minimum absolute atomic E-state index is 0.334. The lowest BCUT2D eigenvalue weighted by atomic mass is 9.94. The summed E-state index contributed by atoms with van der Waals surface area (Å²) in [6.45, 7) is 3.13. The largest absolute Gasteiger partial charge is 0.416 e. The Hall–Kier alpha value is -4.72. The van der Waals surface area contributed by atoms with Crippen molar-refractivity contribution in [2.45, 2.75) is 13.1 Å². The van der Waals surface area contributed by atoms with Gasteiger partial charge in [0, 0.05) is 35.8 Å². The van der Waals surface area contributed by atoms with E-state index in [9.17, 15) is 18.0 Å². The summed E-state index contributed by atoms with van der Waals surface area (Å²) in [6.07, 6.45) is 0.0333. The third kappa shape index (κ3) is 4.81. The Morgan fingerprint density at radius 3 is 2.82 bits per heavy atom. The van der Waals surface area contributed by atoms with Crippen molar-refractivity contribution in [1.29, 1.82) is 0 Å². The fraction of sp³-hybridized carbons (Fsp3) is 0.160. The van der Waals surface area contributed by atoms with Crippen molar-refractivity contribution in [3.63, 3.8) is 0 Å². The average Bonchev–Trinajstić information content (AvgIpc) is 3.62. The Balaban J connectivity index is 1.31. The number of benzene rings is 1. The summed E-state index contributed by atoms with van der Waals surface area (Å²) in [4.78, 5) is 32.3. The minimum atomic E-state index is -4.58. The number of carbonyl (C=O) groups is 1. The molecule has 1 amide bonds. The van der Waals surface area contributed by atoms with Gasteiger partial charge in [0.2, 0.25) is 11.1 Å². The molecule has 2 aliphatic heterocycles. The minimum Gasteiger partial charge on any atom is -0.321 e. The third-order valence-corrected chi connectivity index (χ3v) is 6.72. The fourth-order valence-electron chi connectivity index (χ4n) is 4.30. The summed E-state index contributed by atoms with van der Waals surface area (Å²) in [7, 11) is 0. The van der Waals surface area contributed by atoms with Crippen molar-refractivity contribution >= 4 is 57.3 Å². The monoisotopic (exact) mass is 549 g/mol. The first-order chi connectivity index (χ1) is 18.8. The fourth-order valence-corrected chi connectivity index (χ4v) is 4.74. The van der Waals surface area contributed by atoms with Gasteiger partial charge in [-0.2, -0.15) is 18.2 Å². The number of pyridine rings is 1. The number of nitrogens with one attached hydrogen (secondary N) is 2. The van der Waals surface area contributed by atoms with Gasteiger partial charge in [-0.1, -0.05) is 17.4 Å². The van der Waals surface area contributed by atoms with Crippen LogP contribution in [-0.2, 0) is 6.18 Å². The number of halogens is 3.